The zero-order chi connectivity index (χ0) is 18.3. The maximum Gasteiger partial charge on any atom is 0.219 e. The molecule has 1 aromatic carbocycles. The first-order valence-corrected chi connectivity index (χ1v) is 9.41. The van der Waals surface area contributed by atoms with Gasteiger partial charge < -0.3 is 9.30 Å². The fourth-order valence-corrected chi connectivity index (χ4v) is 4.01. The molecule has 5 nitrogen and oxygen atoms in total. The SMILES string of the molecule is COc1nc2ccc(Br)cc2c(Cl)c1CN1CCn2c(CF)cnc2C1. The van der Waals surface area contributed by atoms with E-state index < -0.39 is 6.67 Å². The first-order chi connectivity index (χ1) is 12.6. The molecule has 136 valence electrons. The molecule has 2 aromatic heterocycles. The molecule has 0 amide bonds. The fourth-order valence-electron chi connectivity index (χ4n) is 3.36. The van der Waals surface area contributed by atoms with Crippen molar-refractivity contribution >= 4 is 38.4 Å². The van der Waals surface area contributed by atoms with Gasteiger partial charge in [0, 0.05) is 35.1 Å². The number of halogens is 3. The van der Waals surface area contributed by atoms with Gasteiger partial charge in [-0.05, 0) is 18.2 Å². The summed E-state index contributed by atoms with van der Waals surface area (Å²) in [5, 5.41) is 1.53. The molecule has 0 N–H and O–H groups in total. The number of rotatable bonds is 4. The Hall–Kier alpha value is -1.70. The normalized spacial score (nSPS) is 14.6. The van der Waals surface area contributed by atoms with Gasteiger partial charge in [-0.25, -0.2) is 14.4 Å². The number of hydrogen-bond acceptors (Lipinski definition) is 4. The summed E-state index contributed by atoms with van der Waals surface area (Å²) in [4.78, 5) is 11.2. The van der Waals surface area contributed by atoms with Gasteiger partial charge in [-0.2, -0.15) is 0 Å². The van der Waals surface area contributed by atoms with Gasteiger partial charge in [0.15, 0.2) is 0 Å². The van der Waals surface area contributed by atoms with Crippen LogP contribution in [0.1, 0.15) is 17.1 Å². The molecular weight excluding hydrogens is 423 g/mol. The van der Waals surface area contributed by atoms with Crippen molar-refractivity contribution in [1.82, 2.24) is 19.4 Å². The number of benzene rings is 1. The average Bonchev–Trinajstić information content (AvgIpc) is 3.06. The van der Waals surface area contributed by atoms with Gasteiger partial charge in [-0.3, -0.25) is 4.90 Å². The Balaban J connectivity index is 1.67. The second-order valence-electron chi connectivity index (χ2n) is 6.24. The van der Waals surface area contributed by atoms with Crippen LogP contribution in [0.2, 0.25) is 5.02 Å². The summed E-state index contributed by atoms with van der Waals surface area (Å²) in [5.41, 5.74) is 2.28. The average molecular weight is 440 g/mol. The summed E-state index contributed by atoms with van der Waals surface area (Å²) in [6.45, 7) is 2.23. The summed E-state index contributed by atoms with van der Waals surface area (Å²) < 4.78 is 21.4. The fraction of sp³-hybridized carbons (Fsp3) is 0.333. The number of ether oxygens (including phenoxy) is 1. The Morgan fingerprint density at radius 3 is 2.96 bits per heavy atom. The number of nitrogens with zero attached hydrogens (tertiary/aromatic N) is 4. The number of aromatic nitrogens is 3. The molecule has 0 saturated heterocycles. The van der Waals surface area contributed by atoms with E-state index in [1.54, 1.807) is 13.3 Å². The number of imidazole rings is 1. The molecule has 4 rings (SSSR count). The van der Waals surface area contributed by atoms with Crippen molar-refractivity contribution in [2.45, 2.75) is 26.3 Å². The third-order valence-corrected chi connectivity index (χ3v) is 5.60. The number of hydrogen-bond donors (Lipinski definition) is 0. The van der Waals surface area contributed by atoms with E-state index in [1.807, 2.05) is 22.8 Å². The number of fused-ring (bicyclic) bond motifs is 2. The van der Waals surface area contributed by atoms with Crippen molar-refractivity contribution < 1.29 is 9.13 Å². The van der Waals surface area contributed by atoms with Crippen molar-refractivity contribution in [2.24, 2.45) is 0 Å². The highest BCUT2D eigenvalue weighted by Gasteiger charge is 2.23. The largest absolute Gasteiger partial charge is 0.481 e. The first-order valence-electron chi connectivity index (χ1n) is 8.24. The van der Waals surface area contributed by atoms with E-state index in [4.69, 9.17) is 16.3 Å². The molecule has 1 aliphatic heterocycles. The van der Waals surface area contributed by atoms with Crippen LogP contribution in [0.3, 0.4) is 0 Å². The highest BCUT2D eigenvalue weighted by Crippen LogP contribution is 2.35. The van der Waals surface area contributed by atoms with Gasteiger partial charge in [0.25, 0.3) is 0 Å². The highest BCUT2D eigenvalue weighted by atomic mass is 79.9. The summed E-state index contributed by atoms with van der Waals surface area (Å²) in [6, 6.07) is 5.80. The lowest BCUT2D eigenvalue weighted by molar-refractivity contribution is 0.202. The van der Waals surface area contributed by atoms with Gasteiger partial charge in [0.05, 0.1) is 36.1 Å². The second-order valence-corrected chi connectivity index (χ2v) is 7.53. The quantitative estimate of drug-likeness (QED) is 0.606. The van der Waals surface area contributed by atoms with Crippen LogP contribution in [0, 0.1) is 0 Å². The minimum atomic E-state index is -0.490. The van der Waals surface area contributed by atoms with E-state index in [1.165, 1.54) is 0 Å². The Bertz CT molecular complexity index is 977. The van der Waals surface area contributed by atoms with Crippen LogP contribution in [0.4, 0.5) is 4.39 Å². The third kappa shape index (κ3) is 3.08. The Labute approximate surface area is 163 Å². The predicted molar refractivity (Wildman–Crippen MR) is 102 cm³/mol. The third-order valence-electron chi connectivity index (χ3n) is 4.68. The van der Waals surface area contributed by atoms with Crippen LogP contribution in [0.15, 0.2) is 28.9 Å². The van der Waals surface area contributed by atoms with Crippen molar-refractivity contribution in [3.63, 3.8) is 0 Å². The Morgan fingerprint density at radius 2 is 2.19 bits per heavy atom. The zero-order valence-corrected chi connectivity index (χ0v) is 16.5. The lowest BCUT2D eigenvalue weighted by Gasteiger charge is -2.29. The van der Waals surface area contributed by atoms with Gasteiger partial charge in [0.1, 0.15) is 12.5 Å². The standard InChI is InChI=1S/C18H17BrClFN4O/c1-26-18-14(17(20)13-6-11(19)2-3-15(13)23-18)9-24-4-5-25-12(7-21)8-22-16(25)10-24/h2-3,6,8H,4-5,7,9-10H2,1H3. The molecule has 0 atom stereocenters. The lowest BCUT2D eigenvalue weighted by atomic mass is 10.1. The Morgan fingerprint density at radius 1 is 1.35 bits per heavy atom. The van der Waals surface area contributed by atoms with E-state index in [0.29, 0.717) is 36.2 Å². The summed E-state index contributed by atoms with van der Waals surface area (Å²) in [7, 11) is 1.60. The van der Waals surface area contributed by atoms with E-state index in [9.17, 15) is 4.39 Å². The highest BCUT2D eigenvalue weighted by molar-refractivity contribution is 9.10. The van der Waals surface area contributed by atoms with Crippen LogP contribution in [-0.4, -0.2) is 33.1 Å². The molecule has 26 heavy (non-hydrogen) atoms. The van der Waals surface area contributed by atoms with Gasteiger partial charge in [-0.1, -0.05) is 27.5 Å². The topological polar surface area (TPSA) is 43.2 Å². The molecule has 0 bridgehead atoms. The molecule has 0 saturated carbocycles. The smallest absolute Gasteiger partial charge is 0.219 e. The second kappa shape index (κ2) is 7.13. The van der Waals surface area contributed by atoms with Gasteiger partial charge in [-0.15, -0.1) is 0 Å². The van der Waals surface area contributed by atoms with E-state index in [2.05, 4.69) is 30.8 Å². The zero-order valence-electron chi connectivity index (χ0n) is 14.2. The van der Waals surface area contributed by atoms with Crippen LogP contribution in [-0.2, 0) is 26.3 Å². The maximum absolute atomic E-state index is 13.0. The molecule has 0 spiro atoms. The predicted octanol–water partition coefficient (Wildman–Crippen LogP) is 4.34. The molecule has 3 aromatic rings. The number of pyridine rings is 1. The van der Waals surface area contributed by atoms with E-state index >= 15 is 0 Å². The van der Waals surface area contributed by atoms with Crippen molar-refractivity contribution in [2.75, 3.05) is 13.7 Å². The summed E-state index contributed by atoms with van der Waals surface area (Å²) in [6.07, 6.45) is 1.61. The first kappa shape index (κ1) is 17.7. The monoisotopic (exact) mass is 438 g/mol. The van der Waals surface area contributed by atoms with E-state index in [-0.39, 0.29) is 0 Å². The van der Waals surface area contributed by atoms with Gasteiger partial charge in [0.2, 0.25) is 5.88 Å². The van der Waals surface area contributed by atoms with Crippen LogP contribution >= 0.6 is 27.5 Å². The molecule has 0 radical (unpaired) electrons. The molecule has 1 aliphatic rings. The molecule has 0 unspecified atom stereocenters. The summed E-state index contributed by atoms with van der Waals surface area (Å²) >= 11 is 10.2. The molecule has 0 fully saturated rings. The number of alkyl halides is 1. The maximum atomic E-state index is 13.0. The van der Waals surface area contributed by atoms with Crippen LogP contribution < -0.4 is 4.74 Å². The molecule has 8 heteroatoms. The van der Waals surface area contributed by atoms with Crippen molar-refractivity contribution in [3.05, 3.63) is 51.0 Å². The van der Waals surface area contributed by atoms with Crippen LogP contribution in [0.25, 0.3) is 10.9 Å². The van der Waals surface area contributed by atoms with Crippen molar-refractivity contribution in [1.29, 1.82) is 0 Å². The minimum absolute atomic E-state index is 0.490. The molecule has 3 heterocycles. The minimum Gasteiger partial charge on any atom is -0.481 e. The Kier molecular flexibility index (Phi) is 4.86. The van der Waals surface area contributed by atoms with E-state index in [0.717, 1.165) is 33.3 Å². The molecular formula is C18H17BrClFN4O. The van der Waals surface area contributed by atoms with Crippen molar-refractivity contribution in [3.8, 4) is 5.88 Å². The number of methoxy groups -OCH3 is 1. The van der Waals surface area contributed by atoms with Gasteiger partial charge >= 0.3 is 0 Å². The molecule has 0 aliphatic carbocycles. The lowest BCUT2D eigenvalue weighted by Crippen LogP contribution is -2.34. The summed E-state index contributed by atoms with van der Waals surface area (Å²) in [5.74, 6) is 1.40. The van der Waals surface area contributed by atoms with Crippen LogP contribution in [0.5, 0.6) is 5.88 Å².